The molecular formula is C9H14N4O3. The zero-order valence-electron chi connectivity index (χ0n) is 8.69. The van der Waals surface area contributed by atoms with Crippen LogP contribution in [0.2, 0.25) is 0 Å². The molecule has 1 aliphatic heterocycles. The Bertz CT molecular complexity index is 425. The first-order valence-corrected chi connectivity index (χ1v) is 4.98. The number of anilines is 2. The van der Waals surface area contributed by atoms with Crippen molar-refractivity contribution in [3.8, 4) is 0 Å². The summed E-state index contributed by atoms with van der Waals surface area (Å²) in [5, 5.41) is 12.8. The van der Waals surface area contributed by atoms with Crippen LogP contribution in [0.15, 0.2) is 11.1 Å². The molecule has 88 valence electrons. The summed E-state index contributed by atoms with van der Waals surface area (Å²) in [6.07, 6.45) is 1.82. The van der Waals surface area contributed by atoms with Gasteiger partial charge in [-0.2, -0.15) is 0 Å². The van der Waals surface area contributed by atoms with Crippen LogP contribution in [0.5, 0.6) is 0 Å². The van der Waals surface area contributed by atoms with Crippen LogP contribution in [0.4, 0.5) is 11.5 Å². The molecule has 1 saturated heterocycles. The molecule has 2 rings (SSSR count). The summed E-state index contributed by atoms with van der Waals surface area (Å²) in [5.41, 5.74) is 4.25. The zero-order valence-corrected chi connectivity index (χ0v) is 8.69. The number of nitrogens with one attached hydrogen (secondary N) is 2. The van der Waals surface area contributed by atoms with E-state index in [-0.39, 0.29) is 24.7 Å². The summed E-state index contributed by atoms with van der Waals surface area (Å²) in [5.74, 6) is 0.282. The molecule has 0 radical (unpaired) electrons. The Morgan fingerprint density at radius 2 is 2.56 bits per heavy atom. The van der Waals surface area contributed by atoms with E-state index >= 15 is 0 Å². The van der Waals surface area contributed by atoms with Crippen LogP contribution in [0.25, 0.3) is 0 Å². The number of aliphatic hydroxyl groups is 1. The summed E-state index contributed by atoms with van der Waals surface area (Å²) in [6, 6.07) is 0. The maximum absolute atomic E-state index is 11.2. The zero-order chi connectivity index (χ0) is 11.6. The maximum Gasteiger partial charge on any atom is 0.276 e. The fourth-order valence-corrected chi connectivity index (χ4v) is 1.54. The normalized spacial score (nSPS) is 24.6. The highest BCUT2D eigenvalue weighted by Crippen LogP contribution is 2.19. The first-order valence-electron chi connectivity index (χ1n) is 4.98. The van der Waals surface area contributed by atoms with Gasteiger partial charge in [-0.1, -0.05) is 0 Å². The smallest absolute Gasteiger partial charge is 0.276 e. The quantitative estimate of drug-likeness (QED) is 0.521. The molecule has 0 amide bonds. The first-order chi connectivity index (χ1) is 7.61. The monoisotopic (exact) mass is 226 g/mol. The number of nitrogen functional groups attached to an aromatic ring is 1. The minimum Gasteiger partial charge on any atom is -0.391 e. The summed E-state index contributed by atoms with van der Waals surface area (Å²) in [4.78, 5) is 17.4. The number of aromatic amines is 1. The van der Waals surface area contributed by atoms with Gasteiger partial charge < -0.3 is 25.9 Å². The molecule has 0 bridgehead atoms. The van der Waals surface area contributed by atoms with Crippen molar-refractivity contribution in [1.29, 1.82) is 0 Å². The van der Waals surface area contributed by atoms with Crippen LogP contribution >= 0.6 is 0 Å². The van der Waals surface area contributed by atoms with E-state index in [0.717, 1.165) is 0 Å². The van der Waals surface area contributed by atoms with Gasteiger partial charge in [0.1, 0.15) is 11.3 Å². The van der Waals surface area contributed by atoms with Crippen molar-refractivity contribution < 1.29 is 9.84 Å². The molecule has 1 fully saturated rings. The molecule has 5 N–H and O–H groups in total. The van der Waals surface area contributed by atoms with Gasteiger partial charge in [0, 0.05) is 19.6 Å². The number of aromatic nitrogens is 2. The van der Waals surface area contributed by atoms with Gasteiger partial charge in [-0.25, -0.2) is 4.98 Å². The molecule has 0 saturated carbocycles. The summed E-state index contributed by atoms with van der Waals surface area (Å²) in [6.45, 7) is 1.08. The van der Waals surface area contributed by atoms with Crippen molar-refractivity contribution in [2.45, 2.75) is 12.0 Å². The van der Waals surface area contributed by atoms with Crippen molar-refractivity contribution in [1.82, 2.24) is 9.97 Å². The lowest BCUT2D eigenvalue weighted by Gasteiger charge is -2.21. The van der Waals surface area contributed by atoms with Crippen LogP contribution in [0.3, 0.4) is 0 Å². The Balaban J connectivity index is 2.04. The molecule has 7 nitrogen and oxygen atoms in total. The van der Waals surface area contributed by atoms with Gasteiger partial charge in [0.05, 0.1) is 12.9 Å². The second-order valence-electron chi connectivity index (χ2n) is 3.87. The molecule has 0 aromatic carbocycles. The van der Waals surface area contributed by atoms with Gasteiger partial charge in [-0.3, -0.25) is 4.79 Å². The molecule has 0 aliphatic carbocycles. The molecular weight excluding hydrogens is 212 g/mol. The minimum atomic E-state index is -0.906. The largest absolute Gasteiger partial charge is 0.391 e. The molecule has 7 heteroatoms. The van der Waals surface area contributed by atoms with Crippen LogP contribution in [-0.2, 0) is 4.74 Å². The number of hydrogen-bond donors (Lipinski definition) is 4. The van der Waals surface area contributed by atoms with Crippen molar-refractivity contribution >= 4 is 11.5 Å². The van der Waals surface area contributed by atoms with Gasteiger partial charge in [-0.15, -0.1) is 0 Å². The van der Waals surface area contributed by atoms with E-state index in [1.807, 2.05) is 0 Å². The minimum absolute atomic E-state index is 0.0185. The Kier molecular flexibility index (Phi) is 2.80. The van der Waals surface area contributed by atoms with E-state index < -0.39 is 11.2 Å². The third kappa shape index (κ3) is 2.15. The van der Waals surface area contributed by atoms with Crippen molar-refractivity contribution in [2.75, 3.05) is 30.8 Å². The molecule has 2 heterocycles. The fraction of sp³-hybridized carbons (Fsp3) is 0.556. The van der Waals surface area contributed by atoms with Crippen molar-refractivity contribution in [3.63, 3.8) is 0 Å². The number of nitrogens with two attached hydrogens (primary N) is 1. The van der Waals surface area contributed by atoms with E-state index in [9.17, 15) is 9.90 Å². The topological polar surface area (TPSA) is 113 Å². The number of nitrogens with zero attached hydrogens (tertiary/aromatic N) is 1. The van der Waals surface area contributed by atoms with Crippen LogP contribution in [-0.4, -0.2) is 40.4 Å². The number of hydrogen-bond acceptors (Lipinski definition) is 6. The Labute approximate surface area is 91.6 Å². The highest BCUT2D eigenvalue weighted by atomic mass is 16.5. The second-order valence-corrected chi connectivity index (χ2v) is 3.87. The molecule has 16 heavy (non-hydrogen) atoms. The molecule has 1 aromatic heterocycles. The highest BCUT2D eigenvalue weighted by molar-refractivity contribution is 5.59. The fourth-order valence-electron chi connectivity index (χ4n) is 1.54. The second kappa shape index (κ2) is 4.11. The number of H-pyrrole nitrogens is 1. The Morgan fingerprint density at radius 1 is 1.75 bits per heavy atom. The van der Waals surface area contributed by atoms with Crippen LogP contribution in [0, 0.1) is 0 Å². The maximum atomic E-state index is 11.2. The Hall–Kier alpha value is -1.60. The van der Waals surface area contributed by atoms with Gasteiger partial charge >= 0.3 is 0 Å². The van der Waals surface area contributed by atoms with E-state index in [1.165, 1.54) is 6.33 Å². The van der Waals surface area contributed by atoms with Crippen LogP contribution < -0.4 is 16.6 Å². The third-order valence-corrected chi connectivity index (χ3v) is 2.56. The predicted molar refractivity (Wildman–Crippen MR) is 58.1 cm³/mol. The van der Waals surface area contributed by atoms with E-state index in [4.69, 9.17) is 10.5 Å². The summed E-state index contributed by atoms with van der Waals surface area (Å²) >= 11 is 0. The molecule has 1 aromatic rings. The molecule has 1 aliphatic rings. The molecule has 1 atom stereocenters. The molecule has 1 unspecified atom stereocenters. The van der Waals surface area contributed by atoms with Crippen molar-refractivity contribution in [3.05, 3.63) is 16.7 Å². The third-order valence-electron chi connectivity index (χ3n) is 2.56. The lowest BCUT2D eigenvalue weighted by molar-refractivity contribution is 0.0381. The van der Waals surface area contributed by atoms with Gasteiger partial charge in [0.15, 0.2) is 5.82 Å². The standard InChI is InChI=1S/C9H14N4O3/c10-6-7(12-5-13-8(6)14)11-3-9(15)1-2-16-4-9/h5,15H,1-4,10H2,(H2,11,12,13,14). The van der Waals surface area contributed by atoms with Gasteiger partial charge in [-0.05, 0) is 0 Å². The average Bonchev–Trinajstić information content (AvgIpc) is 2.68. The number of ether oxygens (including phenoxy) is 1. The van der Waals surface area contributed by atoms with E-state index in [0.29, 0.717) is 13.0 Å². The summed E-state index contributed by atoms with van der Waals surface area (Å²) < 4.78 is 5.09. The SMILES string of the molecule is Nc1c(NCC2(O)CCOC2)nc[nH]c1=O. The highest BCUT2D eigenvalue weighted by Gasteiger charge is 2.32. The lowest BCUT2D eigenvalue weighted by atomic mass is 10.0. The van der Waals surface area contributed by atoms with Gasteiger partial charge in [0.25, 0.3) is 5.56 Å². The first kappa shape index (κ1) is 10.9. The average molecular weight is 226 g/mol. The van der Waals surface area contributed by atoms with E-state index in [1.54, 1.807) is 0 Å². The predicted octanol–water partition coefficient (Wildman–Crippen LogP) is -1.08. The lowest BCUT2D eigenvalue weighted by Crippen LogP contribution is -2.37. The summed E-state index contributed by atoms with van der Waals surface area (Å²) in [7, 11) is 0. The van der Waals surface area contributed by atoms with Crippen molar-refractivity contribution in [2.24, 2.45) is 0 Å². The van der Waals surface area contributed by atoms with Crippen LogP contribution in [0.1, 0.15) is 6.42 Å². The van der Waals surface area contributed by atoms with Gasteiger partial charge in [0.2, 0.25) is 0 Å². The van der Waals surface area contributed by atoms with E-state index in [2.05, 4.69) is 15.3 Å². The number of rotatable bonds is 3. The Morgan fingerprint density at radius 3 is 3.25 bits per heavy atom. The molecule has 0 spiro atoms.